The Hall–Kier alpha value is -2.47. The summed E-state index contributed by atoms with van der Waals surface area (Å²) in [4.78, 5) is 27.5. The topological polar surface area (TPSA) is 70.8 Å². The maximum absolute atomic E-state index is 13.6. The van der Waals surface area contributed by atoms with Crippen LogP contribution in [0.2, 0.25) is 0 Å². The third kappa shape index (κ3) is 4.25. The average Bonchev–Trinajstić information content (AvgIpc) is 3.10. The number of amides is 1. The first-order valence-corrected chi connectivity index (χ1v) is 12.7. The SMILES string of the molecule is CSCc1ccc2oc3cc(C(=O)O)c(N(C(=O)[C@H]4CC[C@H](C)CC4)C(C)C)cc3c2c1. The molecule has 3 aromatic rings. The van der Waals surface area contributed by atoms with E-state index in [1.54, 1.807) is 22.7 Å². The van der Waals surface area contributed by atoms with Gasteiger partial charge in [0.2, 0.25) is 5.91 Å². The summed E-state index contributed by atoms with van der Waals surface area (Å²) in [6, 6.07) is 9.35. The fraction of sp³-hybridized carbons (Fsp3) is 0.462. The van der Waals surface area contributed by atoms with Crippen LogP contribution in [0.25, 0.3) is 21.9 Å². The van der Waals surface area contributed by atoms with Crippen molar-refractivity contribution < 1.29 is 19.1 Å². The molecule has 170 valence electrons. The average molecular weight is 454 g/mol. The largest absolute Gasteiger partial charge is 0.478 e. The predicted octanol–water partition coefficient (Wildman–Crippen LogP) is 6.71. The number of rotatable bonds is 6. The fourth-order valence-corrected chi connectivity index (χ4v) is 5.35. The highest BCUT2D eigenvalue weighted by Crippen LogP contribution is 2.38. The Morgan fingerprint density at radius 2 is 1.78 bits per heavy atom. The van der Waals surface area contributed by atoms with Crippen LogP contribution in [0.5, 0.6) is 0 Å². The molecule has 5 nitrogen and oxygen atoms in total. The van der Waals surface area contributed by atoms with Gasteiger partial charge in [0.05, 0.1) is 11.3 Å². The number of anilines is 1. The molecule has 2 aromatic carbocycles. The molecule has 1 aliphatic carbocycles. The molecule has 0 atom stereocenters. The summed E-state index contributed by atoms with van der Waals surface area (Å²) >= 11 is 1.75. The van der Waals surface area contributed by atoms with Crippen LogP contribution in [-0.4, -0.2) is 29.3 Å². The van der Waals surface area contributed by atoms with Crippen LogP contribution in [0, 0.1) is 11.8 Å². The van der Waals surface area contributed by atoms with Gasteiger partial charge in [0.1, 0.15) is 11.2 Å². The van der Waals surface area contributed by atoms with E-state index in [1.165, 1.54) is 5.56 Å². The maximum atomic E-state index is 13.6. The summed E-state index contributed by atoms with van der Waals surface area (Å²) < 4.78 is 5.99. The Bertz CT molecular complexity index is 1160. The van der Waals surface area contributed by atoms with Gasteiger partial charge < -0.3 is 14.4 Å². The van der Waals surface area contributed by atoms with E-state index in [2.05, 4.69) is 19.2 Å². The number of furan rings is 1. The van der Waals surface area contributed by atoms with Crippen LogP contribution in [0.4, 0.5) is 5.69 Å². The van der Waals surface area contributed by atoms with Gasteiger partial charge in [0.15, 0.2) is 0 Å². The van der Waals surface area contributed by atoms with Gasteiger partial charge in [0, 0.05) is 28.5 Å². The zero-order valence-corrected chi connectivity index (χ0v) is 20.0. The van der Waals surface area contributed by atoms with Crippen LogP contribution >= 0.6 is 11.8 Å². The lowest BCUT2D eigenvalue weighted by molar-refractivity contribution is -0.123. The van der Waals surface area contributed by atoms with Crippen molar-refractivity contribution in [2.75, 3.05) is 11.2 Å². The smallest absolute Gasteiger partial charge is 0.337 e. The quantitative estimate of drug-likeness (QED) is 0.449. The number of carboxylic acid groups (broad SMARTS) is 1. The van der Waals surface area contributed by atoms with Gasteiger partial charge in [-0.05, 0) is 81.5 Å². The number of fused-ring (bicyclic) bond motifs is 3. The van der Waals surface area contributed by atoms with Gasteiger partial charge in [-0.3, -0.25) is 4.79 Å². The second kappa shape index (κ2) is 9.18. The Morgan fingerprint density at radius 1 is 1.09 bits per heavy atom. The van der Waals surface area contributed by atoms with E-state index in [1.807, 2.05) is 32.0 Å². The summed E-state index contributed by atoms with van der Waals surface area (Å²) in [5.41, 5.74) is 3.01. The normalized spacial score (nSPS) is 19.0. The number of aromatic carboxylic acids is 1. The molecule has 4 rings (SSSR count). The summed E-state index contributed by atoms with van der Waals surface area (Å²) in [6.45, 7) is 6.12. The van der Waals surface area contributed by atoms with Crippen molar-refractivity contribution >= 4 is 51.3 Å². The van der Waals surface area contributed by atoms with Crippen LogP contribution in [-0.2, 0) is 10.5 Å². The molecule has 1 N–H and O–H groups in total. The van der Waals surface area contributed by atoms with Crippen molar-refractivity contribution in [2.45, 2.75) is 58.2 Å². The summed E-state index contributed by atoms with van der Waals surface area (Å²) in [5.74, 6) is 0.454. The minimum Gasteiger partial charge on any atom is -0.478 e. The first-order valence-electron chi connectivity index (χ1n) is 11.3. The zero-order chi connectivity index (χ0) is 23.0. The Morgan fingerprint density at radius 3 is 2.41 bits per heavy atom. The van der Waals surface area contributed by atoms with Crippen molar-refractivity contribution in [2.24, 2.45) is 11.8 Å². The summed E-state index contributed by atoms with van der Waals surface area (Å²) in [5, 5.41) is 11.8. The number of carbonyl (C=O) groups is 2. The standard InChI is InChI=1S/C26H31NO4S/c1-15(2)27(25(28)18-8-5-16(3)6-9-18)22-12-20-19-11-17(14-32-4)7-10-23(19)31-24(20)13-21(22)26(29)30/h7,10-13,15-16,18H,5-6,8-9,14H2,1-4H3,(H,29,30)/t16-,18-. The van der Waals surface area contributed by atoms with Gasteiger partial charge in [-0.1, -0.05) is 13.0 Å². The molecule has 0 aliphatic heterocycles. The van der Waals surface area contributed by atoms with E-state index in [4.69, 9.17) is 4.42 Å². The Labute approximate surface area is 193 Å². The molecular formula is C26H31NO4S. The highest BCUT2D eigenvalue weighted by Gasteiger charge is 2.32. The van der Waals surface area contributed by atoms with Crippen molar-refractivity contribution in [3.05, 3.63) is 41.5 Å². The molecule has 0 bridgehead atoms. The van der Waals surface area contributed by atoms with Gasteiger partial charge in [-0.2, -0.15) is 11.8 Å². The number of hydrogen-bond acceptors (Lipinski definition) is 4. The van der Waals surface area contributed by atoms with E-state index >= 15 is 0 Å². The number of carboxylic acids is 1. The van der Waals surface area contributed by atoms with Gasteiger partial charge in [-0.15, -0.1) is 0 Å². The maximum Gasteiger partial charge on any atom is 0.337 e. The van der Waals surface area contributed by atoms with Crippen molar-refractivity contribution in [3.63, 3.8) is 0 Å². The number of benzene rings is 2. The lowest BCUT2D eigenvalue weighted by Gasteiger charge is -2.34. The number of thioether (sulfide) groups is 1. The van der Waals surface area contributed by atoms with E-state index < -0.39 is 5.97 Å². The van der Waals surface area contributed by atoms with Crippen LogP contribution in [0.15, 0.2) is 34.7 Å². The molecule has 6 heteroatoms. The first kappa shape index (κ1) is 22.7. The number of carbonyl (C=O) groups excluding carboxylic acids is 1. The van der Waals surface area contributed by atoms with Crippen LogP contribution in [0.3, 0.4) is 0 Å². The highest BCUT2D eigenvalue weighted by atomic mass is 32.2. The van der Waals surface area contributed by atoms with Gasteiger partial charge >= 0.3 is 5.97 Å². The van der Waals surface area contributed by atoms with Crippen LogP contribution in [0.1, 0.15) is 62.4 Å². The minimum atomic E-state index is -1.05. The van der Waals surface area contributed by atoms with Gasteiger partial charge in [-0.25, -0.2) is 4.79 Å². The first-order chi connectivity index (χ1) is 15.3. The van der Waals surface area contributed by atoms with Gasteiger partial charge in [0.25, 0.3) is 0 Å². The molecule has 1 saturated carbocycles. The molecular weight excluding hydrogens is 422 g/mol. The second-order valence-electron chi connectivity index (χ2n) is 9.30. The number of nitrogens with zero attached hydrogens (tertiary/aromatic N) is 1. The lowest BCUT2D eigenvalue weighted by Crippen LogP contribution is -2.42. The monoisotopic (exact) mass is 453 g/mol. The molecule has 1 aromatic heterocycles. The lowest BCUT2D eigenvalue weighted by atomic mass is 9.82. The fourth-order valence-electron chi connectivity index (χ4n) is 4.84. The minimum absolute atomic E-state index is 0.0321. The third-order valence-corrected chi connectivity index (χ3v) is 7.19. The van der Waals surface area contributed by atoms with Crippen LogP contribution < -0.4 is 4.90 Å². The molecule has 32 heavy (non-hydrogen) atoms. The van der Waals surface area contributed by atoms with E-state index in [0.717, 1.165) is 47.8 Å². The molecule has 0 unspecified atom stereocenters. The molecule has 1 amide bonds. The highest BCUT2D eigenvalue weighted by molar-refractivity contribution is 7.97. The van der Waals surface area contributed by atoms with Crippen molar-refractivity contribution in [1.29, 1.82) is 0 Å². The second-order valence-corrected chi connectivity index (χ2v) is 10.2. The molecule has 0 saturated heterocycles. The van der Waals surface area contributed by atoms with E-state index in [0.29, 0.717) is 17.2 Å². The molecule has 0 spiro atoms. The zero-order valence-electron chi connectivity index (χ0n) is 19.2. The molecule has 0 radical (unpaired) electrons. The molecule has 1 heterocycles. The summed E-state index contributed by atoms with van der Waals surface area (Å²) in [7, 11) is 0. The number of hydrogen-bond donors (Lipinski definition) is 1. The van der Waals surface area contributed by atoms with E-state index in [9.17, 15) is 14.7 Å². The summed E-state index contributed by atoms with van der Waals surface area (Å²) in [6.07, 6.45) is 5.86. The molecule has 1 fully saturated rings. The Balaban J connectivity index is 1.86. The predicted molar refractivity (Wildman–Crippen MR) is 132 cm³/mol. The Kier molecular flexibility index (Phi) is 6.52. The van der Waals surface area contributed by atoms with E-state index in [-0.39, 0.29) is 23.4 Å². The van der Waals surface area contributed by atoms with Crippen molar-refractivity contribution in [1.82, 2.24) is 0 Å². The molecule has 1 aliphatic rings. The van der Waals surface area contributed by atoms with Crippen molar-refractivity contribution in [3.8, 4) is 0 Å². The third-order valence-electron chi connectivity index (χ3n) is 6.57.